The zero-order chi connectivity index (χ0) is 20.0. The topological polar surface area (TPSA) is 55.2 Å². The summed E-state index contributed by atoms with van der Waals surface area (Å²) in [5.41, 5.74) is 0.657. The molecule has 0 fully saturated rings. The second-order valence-electron chi connectivity index (χ2n) is 7.61. The molecule has 0 N–H and O–H groups in total. The summed E-state index contributed by atoms with van der Waals surface area (Å²) in [5, 5.41) is 0.625. The van der Waals surface area contributed by atoms with E-state index in [1.165, 1.54) is 0 Å². The van der Waals surface area contributed by atoms with Crippen molar-refractivity contribution in [2.75, 3.05) is 6.54 Å². The van der Waals surface area contributed by atoms with E-state index in [4.69, 9.17) is 4.98 Å². The summed E-state index contributed by atoms with van der Waals surface area (Å²) in [6.45, 7) is 11.5. The summed E-state index contributed by atoms with van der Waals surface area (Å²) in [4.78, 5) is 32.5. The Labute approximate surface area is 162 Å². The van der Waals surface area contributed by atoms with Crippen molar-refractivity contribution in [3.8, 4) is 0 Å². The molecule has 27 heavy (non-hydrogen) atoms. The quantitative estimate of drug-likeness (QED) is 0.608. The average molecular weight is 372 g/mol. The third kappa shape index (κ3) is 4.96. The number of benzene rings is 1. The summed E-state index contributed by atoms with van der Waals surface area (Å²) in [7, 11) is 0. The van der Waals surface area contributed by atoms with Gasteiger partial charge < -0.3 is 4.90 Å². The predicted octanol–water partition coefficient (Wildman–Crippen LogP) is 4.54. The van der Waals surface area contributed by atoms with Crippen LogP contribution in [0.1, 0.15) is 72.2 Å². The number of aromatic nitrogens is 2. The minimum absolute atomic E-state index is 0.0344. The van der Waals surface area contributed by atoms with E-state index in [0.29, 0.717) is 42.2 Å². The lowest BCUT2D eigenvalue weighted by molar-refractivity contribution is -0.134. The molecule has 0 saturated carbocycles. The van der Waals surface area contributed by atoms with Crippen LogP contribution in [-0.4, -0.2) is 26.9 Å². The fourth-order valence-electron chi connectivity index (χ4n) is 3.49. The lowest BCUT2D eigenvalue weighted by Gasteiger charge is -2.32. The second-order valence-corrected chi connectivity index (χ2v) is 7.61. The van der Waals surface area contributed by atoms with Crippen molar-refractivity contribution < 1.29 is 4.79 Å². The molecular formula is C22H33N3O2. The number of para-hydroxylation sites is 1. The van der Waals surface area contributed by atoms with Crippen LogP contribution in [0.25, 0.3) is 10.9 Å². The molecule has 0 aliphatic rings. The van der Waals surface area contributed by atoms with Crippen molar-refractivity contribution in [1.82, 2.24) is 14.5 Å². The summed E-state index contributed by atoms with van der Waals surface area (Å²) in [6.07, 6.45) is 3.61. The van der Waals surface area contributed by atoms with E-state index >= 15 is 0 Å². The molecule has 2 aromatic rings. The lowest BCUT2D eigenvalue weighted by Crippen LogP contribution is -2.39. The smallest absolute Gasteiger partial charge is 0.261 e. The SMILES string of the molecule is CCCCCC(=O)N(CC(C)C)C(C)c1nc2ccccc2c(=O)n1CC. The molecule has 1 aromatic heterocycles. The van der Waals surface area contributed by atoms with E-state index in [-0.39, 0.29) is 17.5 Å². The Bertz CT molecular complexity index is 826. The molecular weight excluding hydrogens is 338 g/mol. The van der Waals surface area contributed by atoms with Gasteiger partial charge in [0.05, 0.1) is 16.9 Å². The molecule has 0 radical (unpaired) electrons. The van der Waals surface area contributed by atoms with Gasteiger partial charge in [0, 0.05) is 19.5 Å². The molecule has 0 aliphatic heterocycles. The van der Waals surface area contributed by atoms with Gasteiger partial charge in [-0.3, -0.25) is 14.2 Å². The number of hydrogen-bond acceptors (Lipinski definition) is 3. The van der Waals surface area contributed by atoms with Gasteiger partial charge in [-0.25, -0.2) is 4.98 Å². The first kappa shape index (κ1) is 21.1. The highest BCUT2D eigenvalue weighted by molar-refractivity contribution is 5.78. The minimum atomic E-state index is -0.237. The number of amides is 1. The Morgan fingerprint density at radius 2 is 1.85 bits per heavy atom. The van der Waals surface area contributed by atoms with Crippen LogP contribution in [0.5, 0.6) is 0 Å². The van der Waals surface area contributed by atoms with Crippen LogP contribution in [0.3, 0.4) is 0 Å². The third-order valence-corrected chi connectivity index (χ3v) is 4.92. The van der Waals surface area contributed by atoms with Crippen LogP contribution in [-0.2, 0) is 11.3 Å². The second kappa shape index (κ2) is 9.67. The molecule has 0 spiro atoms. The molecule has 148 valence electrons. The Balaban J connectivity index is 2.45. The zero-order valence-corrected chi connectivity index (χ0v) is 17.4. The monoisotopic (exact) mass is 371 g/mol. The van der Waals surface area contributed by atoms with Crippen LogP contribution in [0.15, 0.2) is 29.1 Å². The van der Waals surface area contributed by atoms with Crippen LogP contribution in [0.4, 0.5) is 0 Å². The van der Waals surface area contributed by atoms with Crippen LogP contribution < -0.4 is 5.56 Å². The van der Waals surface area contributed by atoms with Gasteiger partial charge in [-0.05, 0) is 38.3 Å². The highest BCUT2D eigenvalue weighted by atomic mass is 16.2. The molecule has 1 unspecified atom stereocenters. The molecule has 1 atom stereocenters. The predicted molar refractivity (Wildman–Crippen MR) is 111 cm³/mol. The maximum Gasteiger partial charge on any atom is 0.261 e. The first-order valence-corrected chi connectivity index (χ1v) is 10.2. The fraction of sp³-hybridized carbons (Fsp3) is 0.591. The maximum atomic E-state index is 12.9. The van der Waals surface area contributed by atoms with Gasteiger partial charge in [0.25, 0.3) is 5.56 Å². The van der Waals surface area contributed by atoms with E-state index in [0.717, 1.165) is 19.3 Å². The number of carbonyl (C=O) groups is 1. The maximum absolute atomic E-state index is 12.9. The van der Waals surface area contributed by atoms with Crippen molar-refractivity contribution in [1.29, 1.82) is 0 Å². The first-order valence-electron chi connectivity index (χ1n) is 10.2. The van der Waals surface area contributed by atoms with Gasteiger partial charge in [-0.1, -0.05) is 45.7 Å². The van der Waals surface area contributed by atoms with E-state index in [9.17, 15) is 9.59 Å². The average Bonchev–Trinajstić information content (AvgIpc) is 2.65. The Hall–Kier alpha value is -2.17. The molecule has 5 nitrogen and oxygen atoms in total. The molecule has 2 rings (SSSR count). The molecule has 0 aliphatic carbocycles. The van der Waals surface area contributed by atoms with E-state index in [1.54, 1.807) is 4.57 Å². The summed E-state index contributed by atoms with van der Waals surface area (Å²) in [6, 6.07) is 7.19. The summed E-state index contributed by atoms with van der Waals surface area (Å²) < 4.78 is 1.71. The van der Waals surface area contributed by atoms with Gasteiger partial charge in [-0.15, -0.1) is 0 Å². The molecule has 0 bridgehead atoms. The largest absolute Gasteiger partial charge is 0.333 e. The van der Waals surface area contributed by atoms with Crippen molar-refractivity contribution in [2.24, 2.45) is 5.92 Å². The van der Waals surface area contributed by atoms with Crippen LogP contribution >= 0.6 is 0 Å². The minimum Gasteiger partial charge on any atom is -0.333 e. The molecule has 1 aromatic carbocycles. The van der Waals surface area contributed by atoms with Gasteiger partial charge in [0.15, 0.2) is 0 Å². The Morgan fingerprint density at radius 1 is 1.15 bits per heavy atom. The summed E-state index contributed by atoms with van der Waals surface area (Å²) in [5.74, 6) is 1.17. The number of unbranched alkanes of at least 4 members (excludes halogenated alkanes) is 2. The van der Waals surface area contributed by atoms with E-state index in [2.05, 4.69) is 20.8 Å². The van der Waals surface area contributed by atoms with Crippen molar-refractivity contribution >= 4 is 16.8 Å². The van der Waals surface area contributed by atoms with Gasteiger partial charge in [0.2, 0.25) is 5.91 Å². The van der Waals surface area contributed by atoms with Crippen LogP contribution in [0, 0.1) is 5.92 Å². The first-order chi connectivity index (χ1) is 12.9. The van der Waals surface area contributed by atoms with E-state index < -0.39 is 0 Å². The van der Waals surface area contributed by atoms with Crippen molar-refractivity contribution in [3.05, 3.63) is 40.4 Å². The van der Waals surface area contributed by atoms with Gasteiger partial charge in [-0.2, -0.15) is 0 Å². The zero-order valence-electron chi connectivity index (χ0n) is 17.4. The number of rotatable bonds is 9. The number of fused-ring (bicyclic) bond motifs is 1. The molecule has 1 heterocycles. The molecule has 5 heteroatoms. The molecule has 1 amide bonds. The highest BCUT2D eigenvalue weighted by Crippen LogP contribution is 2.23. The van der Waals surface area contributed by atoms with Crippen molar-refractivity contribution in [3.63, 3.8) is 0 Å². The number of nitrogens with zero attached hydrogens (tertiary/aromatic N) is 3. The van der Waals surface area contributed by atoms with Crippen LogP contribution in [0.2, 0.25) is 0 Å². The standard InChI is InChI=1S/C22H33N3O2/c1-6-8-9-14-20(26)25(15-16(3)4)17(5)21-23-19-13-11-10-12-18(19)22(27)24(21)7-2/h10-13,16-17H,6-9,14-15H2,1-5H3. The number of carbonyl (C=O) groups excluding carboxylic acids is 1. The molecule has 0 saturated heterocycles. The number of hydrogen-bond donors (Lipinski definition) is 0. The van der Waals surface area contributed by atoms with Gasteiger partial charge >= 0.3 is 0 Å². The van der Waals surface area contributed by atoms with E-state index in [1.807, 2.05) is 43.0 Å². The third-order valence-electron chi connectivity index (χ3n) is 4.92. The Kier molecular flexibility index (Phi) is 7.57. The summed E-state index contributed by atoms with van der Waals surface area (Å²) >= 11 is 0. The van der Waals surface area contributed by atoms with Gasteiger partial charge in [0.1, 0.15) is 5.82 Å². The Morgan fingerprint density at radius 3 is 2.48 bits per heavy atom. The normalized spacial score (nSPS) is 12.5. The van der Waals surface area contributed by atoms with Crippen molar-refractivity contribution in [2.45, 2.75) is 72.9 Å². The fourth-order valence-corrected chi connectivity index (χ4v) is 3.49. The highest BCUT2D eigenvalue weighted by Gasteiger charge is 2.26. The lowest BCUT2D eigenvalue weighted by atomic mass is 10.1.